The molecule has 39 heavy (non-hydrogen) atoms. The summed E-state index contributed by atoms with van der Waals surface area (Å²) >= 11 is 0. The molecule has 3 rings (SSSR count). The van der Waals surface area contributed by atoms with Crippen LogP contribution in [0, 0.1) is 10.8 Å². The topological polar surface area (TPSA) is 97.1 Å². The molecule has 0 fully saturated rings. The number of carbonyl (C=O) groups excluding carboxylic acids is 2. The molecule has 7 heteroatoms. The van der Waals surface area contributed by atoms with Gasteiger partial charge in [-0.15, -0.1) is 15.0 Å². The highest BCUT2D eigenvalue weighted by Gasteiger charge is 2.35. The minimum Gasteiger partial charge on any atom is -0.505 e. The predicted molar refractivity (Wildman–Crippen MR) is 159 cm³/mol. The van der Waals surface area contributed by atoms with E-state index in [4.69, 9.17) is 5.10 Å². The van der Waals surface area contributed by atoms with E-state index in [2.05, 4.69) is 85.7 Å². The van der Waals surface area contributed by atoms with Gasteiger partial charge in [-0.3, -0.25) is 9.59 Å². The average Bonchev–Trinajstić information content (AvgIpc) is 3.12. The molecule has 0 saturated carbocycles. The molecule has 0 aliphatic heterocycles. The third-order valence-electron chi connectivity index (χ3n) is 6.83. The first kappa shape index (κ1) is 30.3. The first-order valence-electron chi connectivity index (χ1n) is 13.7. The maximum atomic E-state index is 12.1. The van der Waals surface area contributed by atoms with Crippen molar-refractivity contribution in [1.29, 1.82) is 0 Å². The lowest BCUT2D eigenvalue weighted by molar-refractivity contribution is -0.124. The minimum atomic E-state index is -0.369. The Labute approximate surface area is 233 Å². The van der Waals surface area contributed by atoms with Gasteiger partial charge in [0.15, 0.2) is 0 Å². The number of Topliss-reactive ketones (excluding diaryl/α,β-unsaturated/α-hetero) is 1. The Morgan fingerprint density at radius 2 is 1.38 bits per heavy atom. The van der Waals surface area contributed by atoms with Gasteiger partial charge in [-0.1, -0.05) is 75.3 Å². The Balaban J connectivity index is 2.17. The van der Waals surface area contributed by atoms with Gasteiger partial charge < -0.3 is 10.4 Å². The predicted octanol–water partition coefficient (Wildman–Crippen LogP) is 7.47. The van der Waals surface area contributed by atoms with Gasteiger partial charge in [0, 0.05) is 11.3 Å². The van der Waals surface area contributed by atoms with Crippen molar-refractivity contribution in [3.63, 3.8) is 0 Å². The molecule has 0 aliphatic carbocycles. The summed E-state index contributed by atoms with van der Waals surface area (Å²) in [5.74, 6) is -0.393. The molecule has 0 spiro atoms. The third-order valence-corrected chi connectivity index (χ3v) is 6.83. The smallest absolute Gasteiger partial charge is 0.231 e. The standard InChI is InChI=1S/C32H46N4O3/c1-20(37)14-27(38)33-22-12-13-24-25(17-22)35-36(34-24)26-16-21(31(8,9)18-29(2,3)4)15-23(28(26)39)32(10,11)19-30(5,6)7/h12-13,15-17,39H,14,18-19H2,1-11H3,(H,33,38). The molecule has 7 nitrogen and oxygen atoms in total. The van der Waals surface area contributed by atoms with Gasteiger partial charge >= 0.3 is 0 Å². The van der Waals surface area contributed by atoms with Crippen LogP contribution in [-0.2, 0) is 20.4 Å². The van der Waals surface area contributed by atoms with Crippen LogP contribution >= 0.6 is 0 Å². The monoisotopic (exact) mass is 534 g/mol. The zero-order valence-corrected chi connectivity index (χ0v) is 25.6. The summed E-state index contributed by atoms with van der Waals surface area (Å²) in [5, 5.41) is 23.8. The zero-order valence-electron chi connectivity index (χ0n) is 25.6. The van der Waals surface area contributed by atoms with E-state index in [0.717, 1.165) is 24.0 Å². The number of fused-ring (bicyclic) bond motifs is 1. The van der Waals surface area contributed by atoms with E-state index < -0.39 is 0 Å². The van der Waals surface area contributed by atoms with Crippen molar-refractivity contribution in [3.05, 3.63) is 41.5 Å². The van der Waals surface area contributed by atoms with E-state index in [1.54, 1.807) is 18.2 Å². The highest BCUT2D eigenvalue weighted by atomic mass is 16.3. The Morgan fingerprint density at radius 1 is 0.821 bits per heavy atom. The Morgan fingerprint density at radius 3 is 1.95 bits per heavy atom. The number of nitrogens with zero attached hydrogens (tertiary/aromatic N) is 3. The first-order chi connectivity index (χ1) is 17.7. The van der Waals surface area contributed by atoms with Gasteiger partial charge in [-0.25, -0.2) is 0 Å². The Kier molecular flexibility index (Phi) is 8.08. The summed E-state index contributed by atoms with van der Waals surface area (Å²) in [6.07, 6.45) is 1.66. The number of hydrogen-bond acceptors (Lipinski definition) is 5. The molecule has 0 saturated heterocycles. The van der Waals surface area contributed by atoms with Gasteiger partial charge in [-0.2, -0.15) is 0 Å². The van der Waals surface area contributed by atoms with Crippen molar-refractivity contribution >= 4 is 28.4 Å². The molecule has 1 aromatic heterocycles. The lowest BCUT2D eigenvalue weighted by Crippen LogP contribution is -2.28. The molecule has 212 valence electrons. The van der Waals surface area contributed by atoms with Crippen molar-refractivity contribution in [3.8, 4) is 11.4 Å². The maximum absolute atomic E-state index is 12.1. The third kappa shape index (κ3) is 7.68. The fourth-order valence-electron chi connectivity index (χ4n) is 6.06. The lowest BCUT2D eigenvalue weighted by atomic mass is 9.68. The van der Waals surface area contributed by atoms with Crippen LogP contribution in [0.2, 0.25) is 0 Å². The quantitative estimate of drug-likeness (QED) is 0.292. The number of carbonyl (C=O) groups is 2. The number of anilines is 1. The fraction of sp³-hybridized carbons (Fsp3) is 0.562. The SMILES string of the molecule is CC(=O)CC(=O)Nc1ccc2nn(-c3cc(C(C)(C)CC(C)(C)C)cc(C(C)(C)CC(C)(C)C)c3O)nc2c1. The van der Waals surface area contributed by atoms with E-state index in [-0.39, 0.29) is 45.5 Å². The molecule has 0 atom stereocenters. The summed E-state index contributed by atoms with van der Waals surface area (Å²) in [6, 6.07) is 9.41. The number of benzene rings is 2. The van der Waals surface area contributed by atoms with E-state index in [0.29, 0.717) is 22.4 Å². The second-order valence-corrected chi connectivity index (χ2v) is 14.8. The largest absolute Gasteiger partial charge is 0.505 e. The highest BCUT2D eigenvalue weighted by molar-refractivity contribution is 6.04. The second-order valence-electron chi connectivity index (χ2n) is 14.8. The average molecular weight is 535 g/mol. The molecule has 0 aliphatic rings. The lowest BCUT2D eigenvalue weighted by Gasteiger charge is -2.37. The van der Waals surface area contributed by atoms with Crippen molar-refractivity contribution in [2.24, 2.45) is 10.8 Å². The van der Waals surface area contributed by atoms with Crippen LogP contribution in [0.5, 0.6) is 5.75 Å². The summed E-state index contributed by atoms with van der Waals surface area (Å²) in [7, 11) is 0. The number of phenols is 1. The number of hydrogen-bond donors (Lipinski definition) is 2. The fourth-order valence-corrected chi connectivity index (χ4v) is 6.06. The van der Waals surface area contributed by atoms with E-state index in [1.807, 2.05) is 6.07 Å². The van der Waals surface area contributed by atoms with Crippen LogP contribution < -0.4 is 5.32 Å². The Bertz CT molecular complexity index is 1380. The normalized spacial score (nSPS) is 13.1. The van der Waals surface area contributed by atoms with Gasteiger partial charge in [-0.05, 0) is 71.3 Å². The van der Waals surface area contributed by atoms with Gasteiger partial charge in [0.2, 0.25) is 5.91 Å². The molecule has 3 aromatic rings. The molecule has 1 heterocycles. The second kappa shape index (κ2) is 10.4. The van der Waals surface area contributed by atoms with Crippen LogP contribution in [0.25, 0.3) is 16.7 Å². The molecular weight excluding hydrogens is 488 g/mol. The van der Waals surface area contributed by atoms with Crippen LogP contribution in [0.1, 0.15) is 107 Å². The molecule has 0 unspecified atom stereocenters. The maximum Gasteiger partial charge on any atom is 0.231 e. The summed E-state index contributed by atoms with van der Waals surface area (Å²) in [5.41, 5.74) is 4.01. The van der Waals surface area contributed by atoms with E-state index in [9.17, 15) is 14.7 Å². The van der Waals surface area contributed by atoms with Crippen molar-refractivity contribution < 1.29 is 14.7 Å². The first-order valence-corrected chi connectivity index (χ1v) is 13.7. The molecule has 1 amide bonds. The van der Waals surface area contributed by atoms with E-state index in [1.165, 1.54) is 11.7 Å². The summed E-state index contributed by atoms with van der Waals surface area (Å²) in [6.45, 7) is 23.6. The number of rotatable bonds is 8. The minimum absolute atomic E-state index is 0.0644. The number of phenolic OH excluding ortho intramolecular Hbond substituents is 1. The van der Waals surface area contributed by atoms with Crippen molar-refractivity contribution in [1.82, 2.24) is 15.0 Å². The van der Waals surface area contributed by atoms with Gasteiger partial charge in [0.05, 0.1) is 6.42 Å². The van der Waals surface area contributed by atoms with Crippen molar-refractivity contribution in [2.45, 2.75) is 106 Å². The van der Waals surface area contributed by atoms with E-state index >= 15 is 0 Å². The number of ketones is 1. The molecular formula is C32H46N4O3. The van der Waals surface area contributed by atoms with Crippen LogP contribution in [0.15, 0.2) is 30.3 Å². The van der Waals surface area contributed by atoms with Gasteiger partial charge in [0.25, 0.3) is 0 Å². The Hall–Kier alpha value is -3.22. The zero-order chi connectivity index (χ0) is 29.6. The number of amides is 1. The highest BCUT2D eigenvalue weighted by Crippen LogP contribution is 2.46. The molecule has 0 bridgehead atoms. The number of nitrogens with one attached hydrogen (secondary N) is 1. The number of aromatic nitrogens is 3. The summed E-state index contributed by atoms with van der Waals surface area (Å²) in [4.78, 5) is 24.9. The summed E-state index contributed by atoms with van der Waals surface area (Å²) < 4.78 is 0. The molecule has 2 N–H and O–H groups in total. The number of aromatic hydroxyl groups is 1. The van der Waals surface area contributed by atoms with Gasteiger partial charge in [0.1, 0.15) is 28.3 Å². The van der Waals surface area contributed by atoms with Crippen molar-refractivity contribution in [2.75, 3.05) is 5.32 Å². The van der Waals surface area contributed by atoms with Crippen LogP contribution in [0.4, 0.5) is 5.69 Å². The van der Waals surface area contributed by atoms with Crippen LogP contribution in [-0.4, -0.2) is 31.8 Å². The molecule has 0 radical (unpaired) electrons. The molecule has 2 aromatic carbocycles. The van der Waals surface area contributed by atoms with Crippen LogP contribution in [0.3, 0.4) is 0 Å².